The fourth-order valence-electron chi connectivity index (χ4n) is 1.64. The third-order valence-electron chi connectivity index (χ3n) is 2.78. The smallest absolute Gasteiger partial charge is 0.119 e. The molecule has 0 heterocycles. The molecule has 19 heavy (non-hydrogen) atoms. The van der Waals surface area contributed by atoms with Gasteiger partial charge in [0.15, 0.2) is 0 Å². The van der Waals surface area contributed by atoms with Crippen molar-refractivity contribution in [1.29, 1.82) is 0 Å². The van der Waals surface area contributed by atoms with Gasteiger partial charge in [0.2, 0.25) is 0 Å². The van der Waals surface area contributed by atoms with Crippen molar-refractivity contribution in [3.8, 4) is 11.5 Å². The molecule has 0 fully saturated rings. The lowest BCUT2D eigenvalue weighted by Crippen LogP contribution is -2.26. The fraction of sp³-hybridized carbons (Fsp3) is 0.600. The summed E-state index contributed by atoms with van der Waals surface area (Å²) in [7, 11) is 2.08. The van der Waals surface area contributed by atoms with Crippen LogP contribution >= 0.6 is 0 Å². The summed E-state index contributed by atoms with van der Waals surface area (Å²) in [6, 6.07) is 7.79. The molecular weight excluding hydrogens is 240 g/mol. The van der Waals surface area contributed by atoms with Crippen molar-refractivity contribution in [3.05, 3.63) is 24.3 Å². The van der Waals surface area contributed by atoms with E-state index in [-0.39, 0.29) is 0 Å². The number of rotatable bonds is 10. The van der Waals surface area contributed by atoms with Gasteiger partial charge in [-0.05, 0) is 57.2 Å². The summed E-state index contributed by atoms with van der Waals surface area (Å²) >= 11 is 0. The van der Waals surface area contributed by atoms with Crippen LogP contribution < -0.4 is 15.2 Å². The quantitative estimate of drug-likeness (QED) is 0.705. The predicted octanol–water partition coefficient (Wildman–Crippen LogP) is 2.13. The summed E-state index contributed by atoms with van der Waals surface area (Å²) in [5, 5.41) is 0. The molecule has 0 bridgehead atoms. The molecule has 0 saturated carbocycles. The first-order chi connectivity index (χ1) is 9.26. The second-order valence-corrected chi connectivity index (χ2v) is 4.61. The van der Waals surface area contributed by atoms with Crippen LogP contribution in [0.3, 0.4) is 0 Å². The molecule has 0 amide bonds. The van der Waals surface area contributed by atoms with Crippen molar-refractivity contribution in [2.75, 3.05) is 39.9 Å². The standard InChI is InChI=1S/C15H26N2O2/c1-3-12-18-14-5-7-15(8-6-14)19-13-11-17(2)10-4-9-16/h5-8H,3-4,9-13,16H2,1-2H3. The Morgan fingerprint density at radius 1 is 1.00 bits per heavy atom. The van der Waals surface area contributed by atoms with E-state index in [4.69, 9.17) is 15.2 Å². The maximum absolute atomic E-state index is 5.69. The van der Waals surface area contributed by atoms with Gasteiger partial charge in [-0.1, -0.05) is 6.92 Å². The van der Waals surface area contributed by atoms with Crippen molar-refractivity contribution in [1.82, 2.24) is 4.90 Å². The van der Waals surface area contributed by atoms with Crippen LogP contribution in [0.5, 0.6) is 11.5 Å². The van der Waals surface area contributed by atoms with E-state index in [9.17, 15) is 0 Å². The number of likely N-dealkylation sites (N-methyl/N-ethyl adjacent to an activating group) is 1. The first-order valence-electron chi connectivity index (χ1n) is 7.00. The molecule has 1 aromatic carbocycles. The minimum atomic E-state index is 0.691. The highest BCUT2D eigenvalue weighted by Crippen LogP contribution is 2.17. The highest BCUT2D eigenvalue weighted by Gasteiger charge is 1.99. The lowest BCUT2D eigenvalue weighted by Gasteiger charge is -2.16. The second kappa shape index (κ2) is 9.64. The van der Waals surface area contributed by atoms with Crippen molar-refractivity contribution in [2.24, 2.45) is 5.73 Å². The number of hydrogen-bond acceptors (Lipinski definition) is 4. The molecule has 0 aromatic heterocycles. The minimum absolute atomic E-state index is 0.691. The largest absolute Gasteiger partial charge is 0.494 e. The van der Waals surface area contributed by atoms with Gasteiger partial charge in [-0.2, -0.15) is 0 Å². The normalized spacial score (nSPS) is 10.7. The van der Waals surface area contributed by atoms with Crippen LogP contribution in [0.1, 0.15) is 19.8 Å². The zero-order valence-corrected chi connectivity index (χ0v) is 12.1. The van der Waals surface area contributed by atoms with Crippen LogP contribution in [0.2, 0.25) is 0 Å². The van der Waals surface area contributed by atoms with Gasteiger partial charge in [-0.25, -0.2) is 0 Å². The number of ether oxygens (including phenoxy) is 2. The Morgan fingerprint density at radius 3 is 2.11 bits per heavy atom. The van der Waals surface area contributed by atoms with E-state index < -0.39 is 0 Å². The van der Waals surface area contributed by atoms with Gasteiger partial charge >= 0.3 is 0 Å². The second-order valence-electron chi connectivity index (χ2n) is 4.61. The molecule has 0 atom stereocenters. The van der Waals surface area contributed by atoms with Gasteiger partial charge in [0, 0.05) is 6.54 Å². The Bertz CT molecular complexity index is 327. The van der Waals surface area contributed by atoms with Crippen molar-refractivity contribution in [3.63, 3.8) is 0 Å². The molecule has 0 aliphatic heterocycles. The van der Waals surface area contributed by atoms with Crippen molar-refractivity contribution < 1.29 is 9.47 Å². The molecule has 4 heteroatoms. The third kappa shape index (κ3) is 7.03. The average Bonchev–Trinajstić information content (AvgIpc) is 2.44. The first-order valence-corrected chi connectivity index (χ1v) is 7.00. The maximum Gasteiger partial charge on any atom is 0.119 e. The lowest BCUT2D eigenvalue weighted by molar-refractivity contribution is 0.236. The number of hydrogen-bond donors (Lipinski definition) is 1. The van der Waals surface area contributed by atoms with Gasteiger partial charge in [-0.3, -0.25) is 0 Å². The zero-order chi connectivity index (χ0) is 13.9. The summed E-state index contributed by atoms with van der Waals surface area (Å²) in [6.07, 6.45) is 2.05. The molecule has 0 aliphatic carbocycles. The van der Waals surface area contributed by atoms with E-state index in [1.165, 1.54) is 0 Å². The van der Waals surface area contributed by atoms with E-state index in [2.05, 4.69) is 18.9 Å². The van der Waals surface area contributed by atoms with Crippen LogP contribution in [-0.4, -0.2) is 44.8 Å². The fourth-order valence-corrected chi connectivity index (χ4v) is 1.64. The summed E-state index contributed by atoms with van der Waals surface area (Å²) in [6.45, 7) is 6.21. The molecule has 1 aromatic rings. The summed E-state index contributed by atoms with van der Waals surface area (Å²) in [5.74, 6) is 1.78. The molecule has 4 nitrogen and oxygen atoms in total. The highest BCUT2D eigenvalue weighted by molar-refractivity contribution is 5.31. The van der Waals surface area contributed by atoms with Gasteiger partial charge in [0.05, 0.1) is 6.61 Å². The number of nitrogens with two attached hydrogens (primary N) is 1. The van der Waals surface area contributed by atoms with E-state index in [0.717, 1.165) is 50.6 Å². The lowest BCUT2D eigenvalue weighted by atomic mass is 10.3. The third-order valence-corrected chi connectivity index (χ3v) is 2.78. The van der Waals surface area contributed by atoms with Gasteiger partial charge < -0.3 is 20.1 Å². The number of benzene rings is 1. The Morgan fingerprint density at radius 2 is 1.58 bits per heavy atom. The number of nitrogens with zero attached hydrogens (tertiary/aromatic N) is 1. The Labute approximate surface area is 116 Å². The van der Waals surface area contributed by atoms with E-state index in [1.54, 1.807) is 0 Å². The predicted molar refractivity (Wildman–Crippen MR) is 78.9 cm³/mol. The van der Waals surface area contributed by atoms with Crippen LogP contribution in [-0.2, 0) is 0 Å². The summed E-state index contributed by atoms with van der Waals surface area (Å²) in [4.78, 5) is 2.23. The van der Waals surface area contributed by atoms with Crippen LogP contribution in [0.4, 0.5) is 0 Å². The summed E-state index contributed by atoms with van der Waals surface area (Å²) < 4.78 is 11.2. The van der Waals surface area contributed by atoms with Crippen LogP contribution in [0.15, 0.2) is 24.3 Å². The van der Waals surface area contributed by atoms with Gasteiger partial charge in [-0.15, -0.1) is 0 Å². The van der Waals surface area contributed by atoms with E-state index in [0.29, 0.717) is 6.61 Å². The molecule has 0 spiro atoms. The van der Waals surface area contributed by atoms with Crippen molar-refractivity contribution >= 4 is 0 Å². The molecular formula is C15H26N2O2. The maximum atomic E-state index is 5.69. The topological polar surface area (TPSA) is 47.7 Å². The van der Waals surface area contributed by atoms with Crippen molar-refractivity contribution in [2.45, 2.75) is 19.8 Å². The first kappa shape index (κ1) is 15.8. The Kier molecular flexibility index (Phi) is 8.02. The van der Waals surface area contributed by atoms with Gasteiger partial charge in [0.1, 0.15) is 18.1 Å². The monoisotopic (exact) mass is 266 g/mol. The molecule has 1 rings (SSSR count). The van der Waals surface area contributed by atoms with Gasteiger partial charge in [0.25, 0.3) is 0 Å². The SMILES string of the molecule is CCCOc1ccc(OCCN(C)CCCN)cc1. The molecule has 0 aliphatic rings. The highest BCUT2D eigenvalue weighted by atomic mass is 16.5. The average molecular weight is 266 g/mol. The Balaban J connectivity index is 2.22. The zero-order valence-electron chi connectivity index (χ0n) is 12.1. The molecule has 0 radical (unpaired) electrons. The van der Waals surface area contributed by atoms with Crippen LogP contribution in [0.25, 0.3) is 0 Å². The van der Waals surface area contributed by atoms with Crippen LogP contribution in [0, 0.1) is 0 Å². The molecule has 108 valence electrons. The molecule has 2 N–H and O–H groups in total. The Hall–Kier alpha value is -1.26. The molecule has 0 unspecified atom stereocenters. The molecule has 0 saturated heterocycles. The summed E-state index contributed by atoms with van der Waals surface area (Å²) in [5.41, 5.74) is 5.48. The minimum Gasteiger partial charge on any atom is -0.494 e. The van der Waals surface area contributed by atoms with E-state index >= 15 is 0 Å². The van der Waals surface area contributed by atoms with E-state index in [1.807, 2.05) is 24.3 Å².